The van der Waals surface area contributed by atoms with E-state index in [4.69, 9.17) is 30.9 Å². The van der Waals surface area contributed by atoms with Gasteiger partial charge in [-0.3, -0.25) is 0 Å². The number of phenolic OH excluding ortho intramolecular Hbond substituents is 1. The van der Waals surface area contributed by atoms with Gasteiger partial charge in [-0.05, 0) is 31.2 Å². The number of methoxy groups -OCH3 is 1. The number of amides is 1. The predicted molar refractivity (Wildman–Crippen MR) is 123 cm³/mol. The highest BCUT2D eigenvalue weighted by molar-refractivity contribution is 6.31. The third-order valence-corrected chi connectivity index (χ3v) is 6.78. The highest BCUT2D eigenvalue weighted by atomic mass is 35.5. The van der Waals surface area contributed by atoms with Crippen molar-refractivity contribution in [1.82, 2.24) is 9.91 Å². The van der Waals surface area contributed by atoms with Crippen LogP contribution in [0.3, 0.4) is 0 Å². The second-order valence-corrected chi connectivity index (χ2v) is 8.82. The van der Waals surface area contributed by atoms with E-state index in [0.29, 0.717) is 61.0 Å². The Morgan fingerprint density at radius 1 is 1.30 bits per heavy atom. The highest BCUT2D eigenvalue weighted by Crippen LogP contribution is 2.53. The minimum atomic E-state index is -0.745. The molecule has 1 fully saturated rings. The molecule has 2 aromatic carbocycles. The minimum Gasteiger partial charge on any atom is -0.507 e. The van der Waals surface area contributed by atoms with Gasteiger partial charge >= 0.3 is 6.09 Å². The molecule has 9 heteroatoms. The Bertz CT molecular complexity index is 1110. The fourth-order valence-electron chi connectivity index (χ4n) is 4.92. The number of phenols is 1. The van der Waals surface area contributed by atoms with Crippen LogP contribution < -0.4 is 9.47 Å². The first-order valence-corrected chi connectivity index (χ1v) is 11.5. The number of benzene rings is 2. The quantitative estimate of drug-likeness (QED) is 0.707. The monoisotopic (exact) mass is 471 g/mol. The third kappa shape index (κ3) is 3.62. The Morgan fingerprint density at radius 2 is 2.09 bits per heavy atom. The van der Waals surface area contributed by atoms with Gasteiger partial charge in [-0.1, -0.05) is 23.7 Å². The van der Waals surface area contributed by atoms with Gasteiger partial charge < -0.3 is 24.2 Å². The largest absolute Gasteiger partial charge is 0.507 e. The number of hydrogen-bond donors (Lipinski definition) is 1. The number of likely N-dealkylation sites (tertiary alicyclic amines) is 1. The molecule has 3 heterocycles. The Kier molecular flexibility index (Phi) is 5.48. The maximum absolute atomic E-state index is 12.3. The summed E-state index contributed by atoms with van der Waals surface area (Å²) in [6.07, 6.45) is 1.38. The number of ether oxygens (including phenoxy) is 3. The van der Waals surface area contributed by atoms with Gasteiger partial charge in [-0.25, -0.2) is 9.80 Å². The molecule has 1 saturated heterocycles. The van der Waals surface area contributed by atoms with Crippen molar-refractivity contribution in [3.05, 3.63) is 52.5 Å². The summed E-state index contributed by atoms with van der Waals surface area (Å²) in [5.41, 5.74) is 1.59. The molecule has 3 aliphatic rings. The van der Waals surface area contributed by atoms with Gasteiger partial charge in [0, 0.05) is 48.5 Å². The number of carbonyl (C=O) groups excluding carboxylic acids is 1. The van der Waals surface area contributed by atoms with Crippen molar-refractivity contribution in [2.45, 2.75) is 38.0 Å². The molecule has 0 radical (unpaired) electrons. The molecule has 1 atom stereocenters. The summed E-state index contributed by atoms with van der Waals surface area (Å²) in [7, 11) is 1.63. The number of fused-ring (bicyclic) bond motifs is 4. The summed E-state index contributed by atoms with van der Waals surface area (Å²) in [4.78, 5) is 14.0. The van der Waals surface area contributed by atoms with Gasteiger partial charge in [0.15, 0.2) is 11.5 Å². The van der Waals surface area contributed by atoms with Crippen LogP contribution in [-0.2, 0) is 4.74 Å². The van der Waals surface area contributed by atoms with E-state index in [1.54, 1.807) is 37.1 Å². The van der Waals surface area contributed by atoms with Gasteiger partial charge in [0.25, 0.3) is 0 Å². The SMILES string of the molecule is CCOC(=O)N1CCC2(CC1)Oc1c(OC)cccc1C1CC(c3cc(Cl)ccc3O)=NN12. The number of halogens is 1. The lowest BCUT2D eigenvalue weighted by atomic mass is 9.90. The van der Waals surface area contributed by atoms with Crippen LogP contribution in [0.4, 0.5) is 4.79 Å². The minimum absolute atomic E-state index is 0.0913. The molecule has 5 rings (SSSR count). The lowest BCUT2D eigenvalue weighted by molar-refractivity contribution is -0.148. The molecule has 1 unspecified atom stereocenters. The molecule has 3 aliphatic heterocycles. The van der Waals surface area contributed by atoms with Crippen LogP contribution in [-0.4, -0.2) is 59.4 Å². The van der Waals surface area contributed by atoms with Crippen LogP contribution >= 0.6 is 11.6 Å². The number of nitrogens with zero attached hydrogens (tertiary/aromatic N) is 3. The van der Waals surface area contributed by atoms with Crippen LogP contribution in [0.2, 0.25) is 5.02 Å². The van der Waals surface area contributed by atoms with Crippen molar-refractivity contribution in [3.63, 3.8) is 0 Å². The van der Waals surface area contributed by atoms with Crippen molar-refractivity contribution >= 4 is 23.4 Å². The van der Waals surface area contributed by atoms with Gasteiger partial charge in [-0.2, -0.15) is 5.10 Å². The molecule has 0 aromatic heterocycles. The predicted octanol–water partition coefficient (Wildman–Crippen LogP) is 4.55. The van der Waals surface area contributed by atoms with Crippen molar-refractivity contribution < 1.29 is 24.1 Å². The maximum Gasteiger partial charge on any atom is 0.409 e. The second kappa shape index (κ2) is 8.33. The average Bonchev–Trinajstić information content (AvgIpc) is 3.28. The van der Waals surface area contributed by atoms with E-state index < -0.39 is 5.72 Å². The number of piperidine rings is 1. The summed E-state index contributed by atoms with van der Waals surface area (Å²) in [6, 6.07) is 10.7. The van der Waals surface area contributed by atoms with E-state index in [1.165, 1.54) is 0 Å². The number of hydrazone groups is 1. The Balaban J connectivity index is 1.54. The smallest absolute Gasteiger partial charge is 0.409 e. The Morgan fingerprint density at radius 3 is 2.82 bits per heavy atom. The number of carbonyl (C=O) groups is 1. The molecule has 174 valence electrons. The Hall–Kier alpha value is -3.13. The van der Waals surface area contributed by atoms with Crippen LogP contribution in [0.15, 0.2) is 41.5 Å². The summed E-state index contributed by atoms with van der Waals surface area (Å²) in [5.74, 6) is 1.51. The fraction of sp³-hybridized carbons (Fsp3) is 0.417. The molecule has 0 saturated carbocycles. The van der Waals surface area contributed by atoms with Gasteiger partial charge in [0.05, 0.1) is 25.5 Å². The van der Waals surface area contributed by atoms with Crippen LogP contribution in [0.25, 0.3) is 0 Å². The number of hydrogen-bond acceptors (Lipinski definition) is 7. The molecule has 0 bridgehead atoms. The van der Waals surface area contributed by atoms with Crippen LogP contribution in [0.1, 0.15) is 43.4 Å². The van der Waals surface area contributed by atoms with E-state index >= 15 is 0 Å². The molecular weight excluding hydrogens is 446 g/mol. The van der Waals surface area contributed by atoms with E-state index in [9.17, 15) is 9.90 Å². The zero-order valence-electron chi connectivity index (χ0n) is 18.6. The molecule has 1 spiro atoms. The van der Waals surface area contributed by atoms with E-state index in [1.807, 2.05) is 23.2 Å². The summed E-state index contributed by atoms with van der Waals surface area (Å²) in [5, 5.41) is 18.0. The lowest BCUT2D eigenvalue weighted by Crippen LogP contribution is -2.59. The molecule has 33 heavy (non-hydrogen) atoms. The van der Waals surface area contributed by atoms with Gasteiger partial charge in [-0.15, -0.1) is 0 Å². The molecule has 2 aromatic rings. The van der Waals surface area contributed by atoms with Crippen LogP contribution in [0, 0.1) is 0 Å². The molecule has 1 amide bonds. The van der Waals surface area contributed by atoms with E-state index in [0.717, 1.165) is 11.3 Å². The van der Waals surface area contributed by atoms with Gasteiger partial charge in [0.1, 0.15) is 5.75 Å². The Labute approximate surface area is 197 Å². The van der Waals surface area contributed by atoms with E-state index in [-0.39, 0.29) is 17.9 Å². The third-order valence-electron chi connectivity index (χ3n) is 6.55. The zero-order valence-corrected chi connectivity index (χ0v) is 19.3. The number of para-hydroxylation sites is 1. The number of aromatic hydroxyl groups is 1. The lowest BCUT2D eigenvalue weighted by Gasteiger charge is -2.51. The number of rotatable bonds is 3. The molecule has 8 nitrogen and oxygen atoms in total. The molecule has 0 aliphatic carbocycles. The average molecular weight is 472 g/mol. The molecular formula is C24H26ClN3O5. The van der Waals surface area contributed by atoms with Crippen molar-refractivity contribution in [3.8, 4) is 17.2 Å². The van der Waals surface area contributed by atoms with Crippen molar-refractivity contribution in [2.24, 2.45) is 5.10 Å². The first-order chi connectivity index (χ1) is 16.0. The normalized spacial score (nSPS) is 20.6. The maximum atomic E-state index is 12.3. The zero-order chi connectivity index (χ0) is 23.2. The first kappa shape index (κ1) is 21.7. The van der Waals surface area contributed by atoms with Crippen molar-refractivity contribution in [2.75, 3.05) is 26.8 Å². The summed E-state index contributed by atoms with van der Waals surface area (Å²) in [6.45, 7) is 3.11. The summed E-state index contributed by atoms with van der Waals surface area (Å²) >= 11 is 6.21. The topological polar surface area (TPSA) is 83.8 Å². The fourth-order valence-corrected chi connectivity index (χ4v) is 5.09. The summed E-state index contributed by atoms with van der Waals surface area (Å²) < 4.78 is 17.4. The van der Waals surface area contributed by atoms with Crippen molar-refractivity contribution in [1.29, 1.82) is 0 Å². The second-order valence-electron chi connectivity index (χ2n) is 8.39. The van der Waals surface area contributed by atoms with E-state index in [2.05, 4.69) is 0 Å². The van der Waals surface area contributed by atoms with Gasteiger partial charge in [0.2, 0.25) is 5.72 Å². The highest BCUT2D eigenvalue weighted by Gasteiger charge is 2.53. The van der Waals surface area contributed by atoms with Crippen LogP contribution in [0.5, 0.6) is 17.2 Å². The first-order valence-electron chi connectivity index (χ1n) is 11.1. The standard InChI is InChI=1S/C24H26ClN3O5/c1-3-32-23(30)27-11-9-24(10-12-27)28-19(16-5-4-6-21(31-2)22(16)33-24)14-18(26-28)17-13-15(25)7-8-20(17)29/h4-8,13,19,29H,3,9-12,14H2,1-2H3. The molecule has 1 N–H and O–H groups in total.